The molecule has 0 saturated heterocycles. The van der Waals surface area contributed by atoms with Crippen LogP contribution in [0.2, 0.25) is 0 Å². The van der Waals surface area contributed by atoms with Gasteiger partial charge in [0, 0.05) is 6.42 Å². The Balaban J connectivity index is 3.60. The topological polar surface area (TPSA) is 58.6 Å². The molecule has 0 bridgehead atoms. The molecule has 0 rings (SSSR count). The van der Waals surface area contributed by atoms with Gasteiger partial charge in [0.1, 0.15) is 0 Å². The second kappa shape index (κ2) is 5.11. The van der Waals surface area contributed by atoms with Crippen LogP contribution in [0.5, 0.6) is 0 Å². The maximum atomic E-state index is 10.8. The molecular formula is C8H17NO3. The number of nitrogens with one attached hydrogen (secondary N) is 1. The van der Waals surface area contributed by atoms with Gasteiger partial charge in [-0.2, -0.15) is 0 Å². The molecule has 0 radical (unpaired) electrons. The van der Waals surface area contributed by atoms with Gasteiger partial charge >= 0.3 is 5.97 Å². The number of hydroxylamine groups is 1. The Bertz CT molecular complexity index is 145. The summed E-state index contributed by atoms with van der Waals surface area (Å²) in [6.07, 6.45) is 1.16. The average Bonchev–Trinajstić information content (AvgIpc) is 2.02. The van der Waals surface area contributed by atoms with Crippen molar-refractivity contribution >= 4 is 5.97 Å². The molecule has 0 aliphatic rings. The zero-order valence-corrected chi connectivity index (χ0v) is 7.89. The summed E-state index contributed by atoms with van der Waals surface area (Å²) < 4.78 is 0. The molecule has 4 heteroatoms. The Kier molecular flexibility index (Phi) is 4.85. The molecular weight excluding hydrogens is 158 g/mol. The van der Waals surface area contributed by atoms with E-state index in [2.05, 4.69) is 10.3 Å². The molecule has 0 heterocycles. The van der Waals surface area contributed by atoms with Gasteiger partial charge in [-0.05, 0) is 20.3 Å². The first-order chi connectivity index (χ1) is 5.52. The summed E-state index contributed by atoms with van der Waals surface area (Å²) in [6, 6.07) is 0. The largest absolute Gasteiger partial charge is 0.394 e. The quantitative estimate of drug-likeness (QED) is 0.601. The molecule has 0 fully saturated rings. The van der Waals surface area contributed by atoms with Gasteiger partial charge in [-0.25, -0.2) is 0 Å². The molecule has 4 nitrogen and oxygen atoms in total. The Labute approximate surface area is 72.9 Å². The second-order valence-corrected chi connectivity index (χ2v) is 3.37. The first kappa shape index (κ1) is 11.4. The van der Waals surface area contributed by atoms with E-state index in [1.165, 1.54) is 0 Å². The number of hydrogen-bond donors (Lipinski definition) is 2. The minimum atomic E-state index is -0.566. The lowest BCUT2D eigenvalue weighted by Crippen LogP contribution is -2.43. The number of aliphatic hydroxyl groups excluding tert-OH is 1. The molecule has 0 aliphatic heterocycles. The third kappa shape index (κ3) is 5.09. The van der Waals surface area contributed by atoms with Crippen LogP contribution in [-0.2, 0) is 9.63 Å². The van der Waals surface area contributed by atoms with Crippen LogP contribution < -0.4 is 5.48 Å². The van der Waals surface area contributed by atoms with Crippen molar-refractivity contribution in [2.75, 3.05) is 6.61 Å². The van der Waals surface area contributed by atoms with Crippen LogP contribution >= 0.6 is 0 Å². The molecule has 0 aromatic carbocycles. The molecule has 0 saturated carbocycles. The molecule has 0 aromatic rings. The van der Waals surface area contributed by atoms with Crippen molar-refractivity contribution in [3.63, 3.8) is 0 Å². The third-order valence-corrected chi connectivity index (χ3v) is 1.29. The fourth-order valence-corrected chi connectivity index (χ4v) is 0.482. The van der Waals surface area contributed by atoms with Crippen LogP contribution in [0.3, 0.4) is 0 Å². The van der Waals surface area contributed by atoms with Gasteiger partial charge < -0.3 is 9.94 Å². The van der Waals surface area contributed by atoms with E-state index < -0.39 is 5.54 Å². The van der Waals surface area contributed by atoms with Gasteiger partial charge in [-0.15, -0.1) is 5.48 Å². The molecule has 2 N–H and O–H groups in total. The van der Waals surface area contributed by atoms with Crippen molar-refractivity contribution in [3.05, 3.63) is 0 Å². The zero-order valence-electron chi connectivity index (χ0n) is 7.89. The summed E-state index contributed by atoms with van der Waals surface area (Å²) in [5.41, 5.74) is 1.93. The van der Waals surface area contributed by atoms with Gasteiger partial charge in [0.15, 0.2) is 0 Å². The van der Waals surface area contributed by atoms with Crippen LogP contribution in [0.15, 0.2) is 0 Å². The summed E-state index contributed by atoms with van der Waals surface area (Å²) in [4.78, 5) is 15.5. The average molecular weight is 175 g/mol. The standard InChI is InChI=1S/C8H17NO3/c1-4-5-7(11)12-9-8(2,3)6-10/h9-10H,4-6H2,1-3H3. The lowest BCUT2D eigenvalue weighted by Gasteiger charge is -2.21. The summed E-state index contributed by atoms with van der Waals surface area (Å²) in [6.45, 7) is 5.31. The van der Waals surface area contributed by atoms with Crippen molar-refractivity contribution in [1.82, 2.24) is 5.48 Å². The van der Waals surface area contributed by atoms with Crippen molar-refractivity contribution in [1.29, 1.82) is 0 Å². The Morgan fingerprint density at radius 3 is 2.58 bits per heavy atom. The molecule has 0 unspecified atom stereocenters. The second-order valence-electron chi connectivity index (χ2n) is 3.37. The van der Waals surface area contributed by atoms with Gasteiger partial charge in [-0.1, -0.05) is 6.92 Å². The summed E-state index contributed by atoms with van der Waals surface area (Å²) in [7, 11) is 0. The minimum Gasteiger partial charge on any atom is -0.394 e. The van der Waals surface area contributed by atoms with Gasteiger partial charge in [0.2, 0.25) is 0 Å². The Morgan fingerprint density at radius 2 is 2.17 bits per heavy atom. The zero-order chi connectivity index (χ0) is 9.61. The summed E-state index contributed by atoms with van der Waals surface area (Å²) in [5.74, 6) is -0.293. The van der Waals surface area contributed by atoms with Gasteiger partial charge in [0.25, 0.3) is 0 Å². The number of carbonyl (C=O) groups excluding carboxylic acids is 1. The maximum absolute atomic E-state index is 10.8. The first-order valence-corrected chi connectivity index (χ1v) is 4.09. The molecule has 0 amide bonds. The predicted molar refractivity (Wildman–Crippen MR) is 45.3 cm³/mol. The van der Waals surface area contributed by atoms with E-state index in [0.29, 0.717) is 6.42 Å². The Hall–Kier alpha value is -0.610. The van der Waals surface area contributed by atoms with Gasteiger partial charge in [-0.3, -0.25) is 4.79 Å². The third-order valence-electron chi connectivity index (χ3n) is 1.29. The number of rotatable bonds is 5. The number of hydrogen-bond acceptors (Lipinski definition) is 4. The van der Waals surface area contributed by atoms with Crippen molar-refractivity contribution in [2.45, 2.75) is 39.2 Å². The van der Waals surface area contributed by atoms with E-state index in [1.807, 2.05) is 6.92 Å². The lowest BCUT2D eigenvalue weighted by atomic mass is 10.1. The van der Waals surface area contributed by atoms with E-state index in [9.17, 15) is 4.79 Å². The smallest absolute Gasteiger partial charge is 0.324 e. The molecule has 12 heavy (non-hydrogen) atoms. The van der Waals surface area contributed by atoms with Crippen molar-refractivity contribution in [3.8, 4) is 0 Å². The van der Waals surface area contributed by atoms with E-state index in [1.54, 1.807) is 13.8 Å². The van der Waals surface area contributed by atoms with E-state index in [4.69, 9.17) is 5.11 Å². The summed E-state index contributed by atoms with van der Waals surface area (Å²) >= 11 is 0. The van der Waals surface area contributed by atoms with E-state index in [-0.39, 0.29) is 12.6 Å². The van der Waals surface area contributed by atoms with Crippen LogP contribution in [0.1, 0.15) is 33.6 Å². The first-order valence-electron chi connectivity index (χ1n) is 4.09. The molecule has 0 aliphatic carbocycles. The number of aliphatic hydroxyl groups is 1. The van der Waals surface area contributed by atoms with Crippen LogP contribution in [0.25, 0.3) is 0 Å². The minimum absolute atomic E-state index is 0.0770. The van der Waals surface area contributed by atoms with Crippen LogP contribution in [0, 0.1) is 0 Å². The monoisotopic (exact) mass is 175 g/mol. The fraction of sp³-hybridized carbons (Fsp3) is 0.875. The fourth-order valence-electron chi connectivity index (χ4n) is 0.482. The SMILES string of the molecule is CCCC(=O)ONC(C)(C)CO. The Morgan fingerprint density at radius 1 is 1.58 bits per heavy atom. The maximum Gasteiger partial charge on any atom is 0.324 e. The van der Waals surface area contributed by atoms with Crippen molar-refractivity contribution < 1.29 is 14.7 Å². The highest BCUT2D eigenvalue weighted by atomic mass is 16.7. The van der Waals surface area contributed by atoms with Crippen molar-refractivity contribution in [2.24, 2.45) is 0 Å². The summed E-state index contributed by atoms with van der Waals surface area (Å²) in [5, 5.41) is 8.78. The van der Waals surface area contributed by atoms with E-state index >= 15 is 0 Å². The van der Waals surface area contributed by atoms with Crippen LogP contribution in [-0.4, -0.2) is 23.2 Å². The highest BCUT2D eigenvalue weighted by Gasteiger charge is 2.17. The lowest BCUT2D eigenvalue weighted by molar-refractivity contribution is -0.156. The molecule has 0 atom stereocenters. The molecule has 0 aromatic heterocycles. The molecule has 72 valence electrons. The highest BCUT2D eigenvalue weighted by Crippen LogP contribution is 2.00. The number of carbonyl (C=O) groups is 1. The predicted octanol–water partition coefficient (Wildman–Crippen LogP) is 0.605. The van der Waals surface area contributed by atoms with Crippen LogP contribution in [0.4, 0.5) is 0 Å². The highest BCUT2D eigenvalue weighted by molar-refractivity contribution is 5.68. The van der Waals surface area contributed by atoms with E-state index in [0.717, 1.165) is 6.42 Å². The normalized spacial score (nSPS) is 11.3. The van der Waals surface area contributed by atoms with Gasteiger partial charge in [0.05, 0.1) is 12.1 Å². The molecule has 0 spiro atoms.